The summed E-state index contributed by atoms with van der Waals surface area (Å²) >= 11 is 2.39. The number of hydrogen-bond donors (Lipinski definition) is 0. The van der Waals surface area contributed by atoms with Gasteiger partial charge in [0, 0.05) is 9.61 Å². The Morgan fingerprint density at radius 3 is 2.85 bits per heavy atom. The summed E-state index contributed by atoms with van der Waals surface area (Å²) in [6.45, 7) is 0. The lowest BCUT2D eigenvalue weighted by atomic mass is 10.1. The molecule has 2 rings (SSSR count). The van der Waals surface area contributed by atoms with Gasteiger partial charge in [-0.05, 0) is 72.8 Å². The first-order chi connectivity index (χ1) is 6.18. The van der Waals surface area contributed by atoms with Gasteiger partial charge in [0.2, 0.25) is 0 Å². The van der Waals surface area contributed by atoms with Crippen molar-refractivity contribution in [1.29, 1.82) is 0 Å². The van der Waals surface area contributed by atoms with Gasteiger partial charge in [-0.15, -0.1) is 0 Å². The highest BCUT2D eigenvalue weighted by Gasteiger charge is 2.23. The van der Waals surface area contributed by atoms with Crippen LogP contribution < -0.4 is 0 Å². The summed E-state index contributed by atoms with van der Waals surface area (Å²) in [5.74, 6) is 0. The standard InChI is InChI=1S/C11H14IN/c1-13(2)11-6-4-8-3-5-9(12)7-10(8)11/h3,5,7,11H,4,6H2,1-2H3. The Balaban J connectivity index is 2.40. The Morgan fingerprint density at radius 1 is 1.38 bits per heavy atom. The Labute approximate surface area is 93.3 Å². The highest BCUT2D eigenvalue weighted by atomic mass is 127. The quantitative estimate of drug-likeness (QED) is 0.718. The van der Waals surface area contributed by atoms with Crippen LogP contribution in [0.5, 0.6) is 0 Å². The predicted molar refractivity (Wildman–Crippen MR) is 63.9 cm³/mol. The third kappa shape index (κ3) is 1.74. The van der Waals surface area contributed by atoms with Gasteiger partial charge in [0.15, 0.2) is 0 Å². The summed E-state index contributed by atoms with van der Waals surface area (Å²) in [5.41, 5.74) is 3.08. The van der Waals surface area contributed by atoms with Crippen LogP contribution in [0.4, 0.5) is 0 Å². The maximum Gasteiger partial charge on any atom is 0.0348 e. The molecule has 0 spiro atoms. The molecule has 0 aromatic heterocycles. The fourth-order valence-corrected chi connectivity index (χ4v) is 2.60. The zero-order valence-electron chi connectivity index (χ0n) is 8.05. The number of nitrogens with zero attached hydrogens (tertiary/aromatic N) is 1. The van der Waals surface area contributed by atoms with Crippen molar-refractivity contribution in [3.8, 4) is 0 Å². The average molecular weight is 287 g/mol. The van der Waals surface area contributed by atoms with E-state index >= 15 is 0 Å². The van der Waals surface area contributed by atoms with Gasteiger partial charge in [-0.25, -0.2) is 0 Å². The highest BCUT2D eigenvalue weighted by Crippen LogP contribution is 2.34. The van der Waals surface area contributed by atoms with Crippen LogP contribution in [-0.4, -0.2) is 19.0 Å². The van der Waals surface area contributed by atoms with Crippen LogP contribution >= 0.6 is 22.6 Å². The van der Waals surface area contributed by atoms with Crippen molar-refractivity contribution < 1.29 is 0 Å². The van der Waals surface area contributed by atoms with Crippen LogP contribution in [0.15, 0.2) is 18.2 Å². The third-order valence-corrected chi connectivity index (χ3v) is 3.45. The van der Waals surface area contributed by atoms with Crippen molar-refractivity contribution in [3.63, 3.8) is 0 Å². The summed E-state index contributed by atoms with van der Waals surface area (Å²) in [4.78, 5) is 2.32. The monoisotopic (exact) mass is 287 g/mol. The first kappa shape index (κ1) is 9.46. The molecule has 2 heteroatoms. The minimum atomic E-state index is 0.643. The van der Waals surface area contributed by atoms with E-state index in [4.69, 9.17) is 0 Å². The number of halogens is 1. The molecule has 1 aliphatic carbocycles. The molecular weight excluding hydrogens is 273 g/mol. The fourth-order valence-electron chi connectivity index (χ4n) is 2.09. The molecule has 0 bridgehead atoms. The summed E-state index contributed by atoms with van der Waals surface area (Å²) in [5, 5.41) is 0. The van der Waals surface area contributed by atoms with E-state index < -0.39 is 0 Å². The van der Waals surface area contributed by atoms with Gasteiger partial charge in [0.1, 0.15) is 0 Å². The van der Waals surface area contributed by atoms with E-state index in [-0.39, 0.29) is 0 Å². The number of fused-ring (bicyclic) bond motifs is 1. The second-order valence-electron chi connectivity index (χ2n) is 3.86. The minimum Gasteiger partial charge on any atom is -0.302 e. The molecule has 0 amide bonds. The van der Waals surface area contributed by atoms with Gasteiger partial charge in [-0.1, -0.05) is 6.07 Å². The van der Waals surface area contributed by atoms with Crippen LogP contribution in [0, 0.1) is 3.57 Å². The van der Waals surface area contributed by atoms with Crippen LogP contribution in [0.1, 0.15) is 23.6 Å². The van der Waals surface area contributed by atoms with E-state index in [9.17, 15) is 0 Å². The summed E-state index contributed by atoms with van der Waals surface area (Å²) in [7, 11) is 4.33. The lowest BCUT2D eigenvalue weighted by Gasteiger charge is -2.20. The first-order valence-electron chi connectivity index (χ1n) is 4.63. The number of benzene rings is 1. The lowest BCUT2D eigenvalue weighted by molar-refractivity contribution is 0.299. The normalized spacial score (nSPS) is 20.8. The number of hydrogen-bond acceptors (Lipinski definition) is 1. The van der Waals surface area contributed by atoms with Gasteiger partial charge >= 0.3 is 0 Å². The first-order valence-corrected chi connectivity index (χ1v) is 5.71. The highest BCUT2D eigenvalue weighted by molar-refractivity contribution is 14.1. The van der Waals surface area contributed by atoms with E-state index in [1.807, 2.05) is 0 Å². The zero-order valence-corrected chi connectivity index (χ0v) is 10.2. The van der Waals surface area contributed by atoms with E-state index in [0.29, 0.717) is 6.04 Å². The maximum atomic E-state index is 2.39. The van der Waals surface area contributed by atoms with Gasteiger partial charge < -0.3 is 4.90 Å². The molecule has 0 fully saturated rings. The number of aryl methyl sites for hydroxylation is 1. The smallest absolute Gasteiger partial charge is 0.0348 e. The van der Waals surface area contributed by atoms with E-state index in [0.717, 1.165) is 0 Å². The lowest BCUT2D eigenvalue weighted by Crippen LogP contribution is -2.17. The second-order valence-corrected chi connectivity index (χ2v) is 5.11. The van der Waals surface area contributed by atoms with Crippen molar-refractivity contribution in [2.75, 3.05) is 14.1 Å². The van der Waals surface area contributed by atoms with Gasteiger partial charge in [-0.3, -0.25) is 0 Å². The molecule has 1 atom stereocenters. The molecule has 0 N–H and O–H groups in total. The molecule has 0 aliphatic heterocycles. The van der Waals surface area contributed by atoms with E-state index in [1.165, 1.54) is 22.0 Å². The molecule has 0 heterocycles. The van der Waals surface area contributed by atoms with Gasteiger partial charge in [0.25, 0.3) is 0 Å². The van der Waals surface area contributed by atoms with Crippen LogP contribution in [-0.2, 0) is 6.42 Å². The molecule has 1 unspecified atom stereocenters. The van der Waals surface area contributed by atoms with E-state index in [2.05, 4.69) is 59.8 Å². The fraction of sp³-hybridized carbons (Fsp3) is 0.455. The Kier molecular flexibility index (Phi) is 2.60. The molecule has 0 saturated heterocycles. The van der Waals surface area contributed by atoms with Crippen molar-refractivity contribution in [3.05, 3.63) is 32.9 Å². The largest absolute Gasteiger partial charge is 0.302 e. The molecule has 1 aliphatic rings. The van der Waals surface area contributed by atoms with Crippen LogP contribution in [0.25, 0.3) is 0 Å². The maximum absolute atomic E-state index is 2.39. The Bertz CT molecular complexity index is 320. The van der Waals surface area contributed by atoms with Crippen LogP contribution in [0.2, 0.25) is 0 Å². The molecular formula is C11H14IN. The zero-order chi connectivity index (χ0) is 9.42. The molecule has 70 valence electrons. The summed E-state index contributed by atoms with van der Waals surface area (Å²) in [6, 6.07) is 7.45. The second kappa shape index (κ2) is 3.58. The molecule has 0 saturated carbocycles. The van der Waals surface area contributed by atoms with E-state index in [1.54, 1.807) is 5.56 Å². The van der Waals surface area contributed by atoms with Gasteiger partial charge in [0.05, 0.1) is 0 Å². The number of rotatable bonds is 1. The Hall–Kier alpha value is -0.0900. The minimum absolute atomic E-state index is 0.643. The molecule has 0 radical (unpaired) electrons. The SMILES string of the molecule is CN(C)C1CCc2ccc(I)cc21. The topological polar surface area (TPSA) is 3.24 Å². The van der Waals surface area contributed by atoms with Crippen molar-refractivity contribution in [2.24, 2.45) is 0 Å². The third-order valence-electron chi connectivity index (χ3n) is 2.78. The molecule has 1 aromatic rings. The summed E-state index contributed by atoms with van der Waals surface area (Å²) < 4.78 is 1.35. The molecule has 1 aromatic carbocycles. The van der Waals surface area contributed by atoms with Crippen molar-refractivity contribution in [2.45, 2.75) is 18.9 Å². The summed E-state index contributed by atoms with van der Waals surface area (Å²) in [6.07, 6.45) is 2.53. The van der Waals surface area contributed by atoms with Gasteiger partial charge in [-0.2, -0.15) is 0 Å². The predicted octanol–water partition coefficient (Wildman–Crippen LogP) is 2.84. The van der Waals surface area contributed by atoms with Crippen molar-refractivity contribution >= 4 is 22.6 Å². The molecule has 13 heavy (non-hydrogen) atoms. The van der Waals surface area contributed by atoms with Crippen molar-refractivity contribution in [1.82, 2.24) is 4.90 Å². The molecule has 1 nitrogen and oxygen atoms in total. The van der Waals surface area contributed by atoms with Crippen LogP contribution in [0.3, 0.4) is 0 Å². The average Bonchev–Trinajstić information content (AvgIpc) is 2.46. The Morgan fingerprint density at radius 2 is 2.15 bits per heavy atom.